The summed E-state index contributed by atoms with van der Waals surface area (Å²) < 4.78 is 0. The molecule has 1 N–H and O–H groups in total. The van der Waals surface area contributed by atoms with Crippen molar-refractivity contribution in [3.63, 3.8) is 0 Å². The van der Waals surface area contributed by atoms with Crippen LogP contribution in [0, 0.1) is 0 Å². The Morgan fingerprint density at radius 1 is 0.655 bits per heavy atom. The lowest BCUT2D eigenvalue weighted by atomic mass is 10.0. The Hall–Kier alpha value is -4.12. The highest BCUT2D eigenvalue weighted by atomic mass is 16.1. The largest absolute Gasteiger partial charge is 0.322 e. The molecule has 0 saturated heterocycles. The number of anilines is 1. The van der Waals surface area contributed by atoms with Gasteiger partial charge in [-0.25, -0.2) is 9.97 Å². The number of rotatable bonds is 5. The van der Waals surface area contributed by atoms with Crippen LogP contribution in [0.5, 0.6) is 0 Å². The molecule has 5 nitrogen and oxygen atoms in total. The molecule has 0 atom stereocenters. The second-order valence-corrected chi connectivity index (χ2v) is 6.39. The van der Waals surface area contributed by atoms with Gasteiger partial charge in [-0.1, -0.05) is 72.8 Å². The fraction of sp³-hybridized carbons (Fsp3) is 0. The van der Waals surface area contributed by atoms with E-state index >= 15 is 0 Å². The van der Waals surface area contributed by atoms with E-state index in [1.165, 1.54) is 12.4 Å². The molecule has 0 spiro atoms. The van der Waals surface area contributed by atoms with Crippen molar-refractivity contribution in [1.29, 1.82) is 0 Å². The predicted octanol–water partition coefficient (Wildman–Crippen LogP) is 4.63. The number of carbonyl (C=O) groups excluding carboxylic acids is 2. The molecule has 0 aliphatic rings. The monoisotopic (exact) mass is 379 g/mol. The first-order valence-electron chi connectivity index (χ1n) is 9.09. The van der Waals surface area contributed by atoms with E-state index in [2.05, 4.69) is 15.3 Å². The minimum absolute atomic E-state index is 0.0998. The van der Waals surface area contributed by atoms with E-state index in [9.17, 15) is 9.59 Å². The smallest absolute Gasteiger partial charge is 0.258 e. The van der Waals surface area contributed by atoms with Gasteiger partial charge in [-0.15, -0.1) is 0 Å². The molecule has 0 saturated carbocycles. The van der Waals surface area contributed by atoms with Crippen molar-refractivity contribution in [2.45, 2.75) is 0 Å². The van der Waals surface area contributed by atoms with Crippen molar-refractivity contribution in [1.82, 2.24) is 9.97 Å². The average molecular weight is 379 g/mol. The van der Waals surface area contributed by atoms with Crippen LogP contribution in [0.3, 0.4) is 0 Å². The number of benzene rings is 3. The van der Waals surface area contributed by atoms with Crippen molar-refractivity contribution >= 4 is 17.4 Å². The molecule has 3 aromatic carbocycles. The maximum Gasteiger partial charge on any atom is 0.258 e. The summed E-state index contributed by atoms with van der Waals surface area (Å²) >= 11 is 0. The van der Waals surface area contributed by atoms with Crippen molar-refractivity contribution in [2.75, 3.05) is 5.32 Å². The number of aromatic nitrogens is 2. The van der Waals surface area contributed by atoms with Crippen LogP contribution in [0.15, 0.2) is 97.3 Å². The number of carbonyl (C=O) groups is 2. The number of nitrogens with zero attached hydrogens (tertiary/aromatic N) is 2. The Morgan fingerprint density at radius 3 is 1.97 bits per heavy atom. The summed E-state index contributed by atoms with van der Waals surface area (Å²) in [6.07, 6.45) is 2.98. The lowest BCUT2D eigenvalue weighted by Gasteiger charge is -2.08. The molecule has 0 bridgehead atoms. The van der Waals surface area contributed by atoms with Gasteiger partial charge in [-0.3, -0.25) is 9.59 Å². The predicted molar refractivity (Wildman–Crippen MR) is 112 cm³/mol. The molecule has 5 heteroatoms. The van der Waals surface area contributed by atoms with E-state index in [1.807, 2.05) is 48.5 Å². The minimum Gasteiger partial charge on any atom is -0.322 e. The minimum atomic E-state index is -0.339. The summed E-state index contributed by atoms with van der Waals surface area (Å²) in [5.41, 5.74) is 2.85. The van der Waals surface area contributed by atoms with Gasteiger partial charge < -0.3 is 5.32 Å². The molecule has 0 radical (unpaired) electrons. The number of nitrogens with one attached hydrogen (secondary N) is 1. The summed E-state index contributed by atoms with van der Waals surface area (Å²) in [5, 5.41) is 2.79. The first kappa shape index (κ1) is 18.3. The molecule has 0 aliphatic heterocycles. The lowest BCUT2D eigenvalue weighted by molar-refractivity contribution is 0.102. The zero-order valence-electron chi connectivity index (χ0n) is 15.4. The highest BCUT2D eigenvalue weighted by Gasteiger charge is 2.12. The zero-order chi connectivity index (χ0) is 20.1. The van der Waals surface area contributed by atoms with Gasteiger partial charge in [-0.05, 0) is 12.1 Å². The van der Waals surface area contributed by atoms with Gasteiger partial charge in [0, 0.05) is 34.8 Å². The standard InChI is InChI=1S/C24H17N3O2/c28-22(17-8-3-1-4-9-17)19-12-7-13-21(14-19)27-24(29)20-15-25-23(26-16-20)18-10-5-2-6-11-18/h1-16H,(H,27,29). The second kappa shape index (κ2) is 8.27. The Bertz CT molecular complexity index is 1140. The molecule has 0 aliphatic carbocycles. The van der Waals surface area contributed by atoms with Crippen LogP contribution < -0.4 is 5.32 Å². The van der Waals surface area contributed by atoms with Crippen molar-refractivity contribution < 1.29 is 9.59 Å². The van der Waals surface area contributed by atoms with Gasteiger partial charge >= 0.3 is 0 Å². The van der Waals surface area contributed by atoms with Gasteiger partial charge in [0.05, 0.1) is 5.56 Å². The van der Waals surface area contributed by atoms with Crippen molar-refractivity contribution in [2.24, 2.45) is 0 Å². The Kier molecular flexibility index (Phi) is 5.21. The van der Waals surface area contributed by atoms with Crippen LogP contribution >= 0.6 is 0 Å². The molecule has 140 valence electrons. The van der Waals surface area contributed by atoms with Gasteiger partial charge in [-0.2, -0.15) is 0 Å². The second-order valence-electron chi connectivity index (χ2n) is 6.39. The molecule has 0 fully saturated rings. The van der Waals surface area contributed by atoms with Crippen LogP contribution in [0.1, 0.15) is 26.3 Å². The first-order chi connectivity index (χ1) is 14.2. The Balaban J connectivity index is 1.49. The van der Waals surface area contributed by atoms with Gasteiger partial charge in [0.25, 0.3) is 5.91 Å². The van der Waals surface area contributed by atoms with Crippen molar-refractivity contribution in [3.05, 3.63) is 114 Å². The fourth-order valence-corrected chi connectivity index (χ4v) is 2.88. The summed E-state index contributed by atoms with van der Waals surface area (Å²) in [5.74, 6) is 0.115. The molecule has 4 aromatic rings. The maximum absolute atomic E-state index is 12.6. The molecule has 1 heterocycles. The van der Waals surface area contributed by atoms with E-state index in [-0.39, 0.29) is 11.7 Å². The van der Waals surface area contributed by atoms with Crippen LogP contribution in [-0.4, -0.2) is 21.7 Å². The third-order valence-corrected chi connectivity index (χ3v) is 4.36. The highest BCUT2D eigenvalue weighted by Crippen LogP contribution is 2.17. The molecular weight excluding hydrogens is 362 g/mol. The zero-order valence-corrected chi connectivity index (χ0v) is 15.4. The third kappa shape index (κ3) is 4.25. The van der Waals surface area contributed by atoms with Gasteiger partial charge in [0.2, 0.25) is 0 Å². The Labute approximate surface area is 168 Å². The average Bonchev–Trinajstić information content (AvgIpc) is 2.80. The van der Waals surface area contributed by atoms with E-state index in [0.29, 0.717) is 28.2 Å². The van der Waals surface area contributed by atoms with E-state index in [0.717, 1.165) is 5.56 Å². The Morgan fingerprint density at radius 2 is 1.28 bits per heavy atom. The molecular formula is C24H17N3O2. The van der Waals surface area contributed by atoms with E-state index in [4.69, 9.17) is 0 Å². The quantitative estimate of drug-likeness (QED) is 0.513. The lowest BCUT2D eigenvalue weighted by Crippen LogP contribution is -2.13. The summed E-state index contributed by atoms with van der Waals surface area (Å²) in [4.78, 5) is 33.7. The molecule has 0 unspecified atom stereocenters. The van der Waals surface area contributed by atoms with Crippen LogP contribution in [0.4, 0.5) is 5.69 Å². The van der Waals surface area contributed by atoms with Crippen LogP contribution in [0.25, 0.3) is 11.4 Å². The topological polar surface area (TPSA) is 72.0 Å². The van der Waals surface area contributed by atoms with E-state index in [1.54, 1.807) is 36.4 Å². The number of hydrogen-bond acceptors (Lipinski definition) is 4. The van der Waals surface area contributed by atoms with Crippen molar-refractivity contribution in [3.8, 4) is 11.4 Å². The normalized spacial score (nSPS) is 10.3. The number of hydrogen-bond donors (Lipinski definition) is 1. The molecule has 4 rings (SSSR count). The first-order valence-corrected chi connectivity index (χ1v) is 9.09. The SMILES string of the molecule is O=C(Nc1cccc(C(=O)c2ccccc2)c1)c1cnc(-c2ccccc2)nc1. The highest BCUT2D eigenvalue weighted by molar-refractivity contribution is 6.10. The third-order valence-electron chi connectivity index (χ3n) is 4.36. The summed E-state index contributed by atoms with van der Waals surface area (Å²) in [7, 11) is 0. The number of amides is 1. The maximum atomic E-state index is 12.6. The van der Waals surface area contributed by atoms with Gasteiger partial charge in [0.15, 0.2) is 11.6 Å². The molecule has 29 heavy (non-hydrogen) atoms. The number of ketones is 1. The van der Waals surface area contributed by atoms with Gasteiger partial charge in [0.1, 0.15) is 0 Å². The molecule has 1 aromatic heterocycles. The van der Waals surface area contributed by atoms with Crippen LogP contribution in [0.2, 0.25) is 0 Å². The van der Waals surface area contributed by atoms with E-state index < -0.39 is 0 Å². The summed E-state index contributed by atoms with van der Waals surface area (Å²) in [6.45, 7) is 0. The molecule has 1 amide bonds. The fourth-order valence-electron chi connectivity index (χ4n) is 2.88. The summed E-state index contributed by atoms with van der Waals surface area (Å²) in [6, 6.07) is 25.4. The van der Waals surface area contributed by atoms with Crippen LogP contribution in [-0.2, 0) is 0 Å².